The minimum absolute atomic E-state index is 0.102. The van der Waals surface area contributed by atoms with E-state index in [2.05, 4.69) is 0 Å². The van der Waals surface area contributed by atoms with Crippen molar-refractivity contribution in [3.8, 4) is 40.2 Å². The zero-order chi connectivity index (χ0) is 25.8. The van der Waals surface area contributed by atoms with Gasteiger partial charge in [-0.2, -0.15) is 0 Å². The van der Waals surface area contributed by atoms with Crippen molar-refractivity contribution >= 4 is 17.8 Å². The van der Waals surface area contributed by atoms with Crippen LogP contribution in [0.1, 0.15) is 26.3 Å². The molecule has 0 amide bonds. The maximum atomic E-state index is 12.9. The Morgan fingerprint density at radius 3 is 2.06 bits per heavy atom. The highest BCUT2D eigenvalue weighted by molar-refractivity contribution is 6.14. The van der Waals surface area contributed by atoms with Crippen molar-refractivity contribution in [3.05, 3.63) is 71.0 Å². The molecule has 0 aromatic heterocycles. The van der Waals surface area contributed by atoms with Crippen LogP contribution in [-0.2, 0) is 0 Å². The minimum atomic E-state index is -0.657. The van der Waals surface area contributed by atoms with Crippen LogP contribution in [0.4, 0.5) is 0 Å². The third-order valence-corrected chi connectivity index (χ3v) is 5.47. The van der Waals surface area contributed by atoms with Crippen molar-refractivity contribution < 1.29 is 42.7 Å². The Morgan fingerprint density at radius 2 is 1.44 bits per heavy atom. The van der Waals surface area contributed by atoms with Crippen LogP contribution < -0.4 is 33.2 Å². The molecule has 1 aliphatic heterocycles. The topological polar surface area (TPSA) is 98.8 Å². The highest BCUT2D eigenvalue weighted by atomic mass is 16.5. The van der Waals surface area contributed by atoms with Gasteiger partial charge in [-0.05, 0) is 36.4 Å². The summed E-state index contributed by atoms with van der Waals surface area (Å²) in [6, 6.07) is 12.8. The number of fused-ring (bicyclic) bond motifs is 1. The molecule has 36 heavy (non-hydrogen) atoms. The Kier molecular flexibility index (Phi) is 7.00. The van der Waals surface area contributed by atoms with E-state index in [9.17, 15) is 9.59 Å². The first-order chi connectivity index (χ1) is 17.4. The van der Waals surface area contributed by atoms with Gasteiger partial charge in [0.2, 0.25) is 11.5 Å². The quantitative estimate of drug-likeness (QED) is 0.254. The number of hydrogen-bond acceptors (Lipinski definition) is 9. The van der Waals surface area contributed by atoms with E-state index in [0.717, 1.165) is 0 Å². The molecule has 0 unspecified atom stereocenters. The lowest BCUT2D eigenvalue weighted by molar-refractivity contribution is 0.0733. The fourth-order valence-electron chi connectivity index (χ4n) is 3.76. The van der Waals surface area contributed by atoms with Crippen molar-refractivity contribution in [3.63, 3.8) is 0 Å². The Bertz CT molecular complexity index is 1330. The molecule has 9 nitrogen and oxygen atoms in total. The van der Waals surface area contributed by atoms with E-state index >= 15 is 0 Å². The first-order valence-corrected chi connectivity index (χ1v) is 10.8. The SMILES string of the molecule is COc1cccc(C=C2Oc3cc(OC(=O)c4cc(OC)c(OC)c(OC)c4)ccc3C2=O)c1OC. The number of hydrogen-bond donors (Lipinski definition) is 0. The molecule has 0 saturated carbocycles. The fourth-order valence-corrected chi connectivity index (χ4v) is 3.76. The molecular weight excluding hydrogens is 468 g/mol. The lowest BCUT2D eigenvalue weighted by Gasteiger charge is -2.13. The first-order valence-electron chi connectivity index (χ1n) is 10.8. The van der Waals surface area contributed by atoms with Crippen molar-refractivity contribution in [1.82, 2.24) is 0 Å². The molecule has 0 spiro atoms. The highest BCUT2D eigenvalue weighted by Crippen LogP contribution is 2.40. The molecular formula is C27H24O9. The molecule has 0 radical (unpaired) electrons. The molecule has 186 valence electrons. The Labute approximate surface area is 207 Å². The van der Waals surface area contributed by atoms with E-state index in [-0.39, 0.29) is 28.6 Å². The number of methoxy groups -OCH3 is 5. The van der Waals surface area contributed by atoms with Gasteiger partial charge in [0.25, 0.3) is 0 Å². The van der Waals surface area contributed by atoms with Gasteiger partial charge in [-0.25, -0.2) is 4.79 Å². The summed E-state index contributed by atoms with van der Waals surface area (Å²) in [4.78, 5) is 25.7. The van der Waals surface area contributed by atoms with Gasteiger partial charge in [-0.3, -0.25) is 4.79 Å². The van der Waals surface area contributed by atoms with E-state index in [1.54, 1.807) is 30.3 Å². The number of carbonyl (C=O) groups excluding carboxylic acids is 2. The number of para-hydroxylation sites is 1. The lowest BCUT2D eigenvalue weighted by atomic mass is 10.1. The summed E-state index contributed by atoms with van der Waals surface area (Å²) in [6.45, 7) is 0. The fraction of sp³-hybridized carbons (Fsp3) is 0.185. The number of carbonyl (C=O) groups is 2. The van der Waals surface area contributed by atoms with Crippen LogP contribution in [0.5, 0.6) is 40.2 Å². The second-order valence-corrected chi connectivity index (χ2v) is 7.48. The van der Waals surface area contributed by atoms with Crippen LogP contribution in [-0.4, -0.2) is 47.3 Å². The van der Waals surface area contributed by atoms with Gasteiger partial charge in [0.1, 0.15) is 11.5 Å². The second kappa shape index (κ2) is 10.3. The van der Waals surface area contributed by atoms with E-state index in [4.69, 9.17) is 33.2 Å². The van der Waals surface area contributed by atoms with Gasteiger partial charge < -0.3 is 33.2 Å². The molecule has 0 atom stereocenters. The maximum Gasteiger partial charge on any atom is 0.343 e. The Morgan fingerprint density at radius 1 is 0.778 bits per heavy atom. The number of esters is 1. The number of Topliss-reactive ketones (excluding diaryl/α,β-unsaturated/α-hetero) is 1. The van der Waals surface area contributed by atoms with Crippen LogP contribution in [0.3, 0.4) is 0 Å². The number of ketones is 1. The monoisotopic (exact) mass is 492 g/mol. The molecule has 0 fully saturated rings. The maximum absolute atomic E-state index is 12.9. The number of rotatable bonds is 8. The third-order valence-electron chi connectivity index (χ3n) is 5.47. The van der Waals surface area contributed by atoms with E-state index < -0.39 is 5.97 Å². The molecule has 4 rings (SSSR count). The van der Waals surface area contributed by atoms with E-state index in [0.29, 0.717) is 39.9 Å². The normalized spacial score (nSPS) is 13.0. The molecule has 0 saturated heterocycles. The molecule has 0 N–H and O–H groups in total. The molecule has 1 heterocycles. The summed E-state index contributed by atoms with van der Waals surface area (Å²) in [7, 11) is 7.42. The summed E-state index contributed by atoms with van der Waals surface area (Å²) in [5.74, 6) is 1.58. The lowest BCUT2D eigenvalue weighted by Crippen LogP contribution is -2.09. The van der Waals surface area contributed by atoms with Crippen molar-refractivity contribution in [1.29, 1.82) is 0 Å². The zero-order valence-electron chi connectivity index (χ0n) is 20.4. The molecule has 3 aromatic rings. The predicted molar refractivity (Wildman–Crippen MR) is 130 cm³/mol. The van der Waals surface area contributed by atoms with Crippen molar-refractivity contribution in [2.45, 2.75) is 0 Å². The van der Waals surface area contributed by atoms with Gasteiger partial charge in [0, 0.05) is 11.6 Å². The minimum Gasteiger partial charge on any atom is -0.493 e. The summed E-state index contributed by atoms with van der Waals surface area (Å²) >= 11 is 0. The zero-order valence-corrected chi connectivity index (χ0v) is 20.4. The molecule has 0 aliphatic carbocycles. The van der Waals surface area contributed by atoms with Crippen molar-refractivity contribution in [2.75, 3.05) is 35.5 Å². The van der Waals surface area contributed by atoms with Crippen LogP contribution in [0.25, 0.3) is 6.08 Å². The summed E-state index contributed by atoms with van der Waals surface area (Å²) in [5, 5.41) is 0. The van der Waals surface area contributed by atoms with Crippen LogP contribution in [0.2, 0.25) is 0 Å². The van der Waals surface area contributed by atoms with Crippen LogP contribution in [0, 0.1) is 0 Å². The number of benzene rings is 3. The van der Waals surface area contributed by atoms with Crippen LogP contribution >= 0.6 is 0 Å². The summed E-state index contributed by atoms with van der Waals surface area (Å²) in [5.41, 5.74) is 1.14. The summed E-state index contributed by atoms with van der Waals surface area (Å²) in [6.07, 6.45) is 1.57. The van der Waals surface area contributed by atoms with E-state index in [1.807, 2.05) is 0 Å². The molecule has 0 bridgehead atoms. The van der Waals surface area contributed by atoms with Gasteiger partial charge in [-0.15, -0.1) is 0 Å². The number of ether oxygens (including phenoxy) is 7. The molecule has 1 aliphatic rings. The van der Waals surface area contributed by atoms with Gasteiger partial charge in [0.05, 0.1) is 46.7 Å². The van der Waals surface area contributed by atoms with Crippen LogP contribution in [0.15, 0.2) is 54.3 Å². The van der Waals surface area contributed by atoms with Gasteiger partial charge in [-0.1, -0.05) is 12.1 Å². The third kappa shape index (κ3) is 4.50. The van der Waals surface area contributed by atoms with E-state index in [1.165, 1.54) is 59.8 Å². The largest absolute Gasteiger partial charge is 0.493 e. The molecule has 9 heteroatoms. The van der Waals surface area contributed by atoms with Crippen molar-refractivity contribution in [2.24, 2.45) is 0 Å². The Hall–Kier alpha value is -4.66. The second-order valence-electron chi connectivity index (χ2n) is 7.48. The first kappa shape index (κ1) is 24.5. The average molecular weight is 492 g/mol. The van der Waals surface area contributed by atoms with Gasteiger partial charge >= 0.3 is 5.97 Å². The number of allylic oxidation sites excluding steroid dienone is 1. The molecule has 3 aromatic carbocycles. The average Bonchev–Trinajstić information content (AvgIpc) is 3.21. The van der Waals surface area contributed by atoms with Gasteiger partial charge in [0.15, 0.2) is 28.8 Å². The predicted octanol–water partition coefficient (Wildman–Crippen LogP) is 4.57. The highest BCUT2D eigenvalue weighted by Gasteiger charge is 2.29. The Balaban J connectivity index is 1.59. The smallest absolute Gasteiger partial charge is 0.343 e. The standard InChI is InChI=1S/C27H24O9/c1-30-19-8-6-7-15(25(19)33-4)11-21-24(28)18-10-9-17(14-20(18)36-21)35-27(29)16-12-22(31-2)26(34-5)23(13-16)32-3/h6-14H,1-5H3. The summed E-state index contributed by atoms with van der Waals surface area (Å²) < 4.78 is 37.9.